The third-order valence-electron chi connectivity index (χ3n) is 5.70. The Morgan fingerprint density at radius 1 is 1.03 bits per heavy atom. The van der Waals surface area contributed by atoms with Crippen LogP contribution in [-0.2, 0) is 14.3 Å². The number of β-amino-alcohol motifs (C(OH)–C–C–N with tert-alkyl or cyclic N) is 1. The Balaban J connectivity index is 2.12. The van der Waals surface area contributed by atoms with Crippen molar-refractivity contribution >= 4 is 11.8 Å². The van der Waals surface area contributed by atoms with E-state index in [2.05, 4.69) is 5.32 Å². The highest BCUT2D eigenvalue weighted by molar-refractivity contribution is 5.82. The van der Waals surface area contributed by atoms with Crippen molar-refractivity contribution in [3.63, 3.8) is 0 Å². The number of aliphatic hydroxyl groups excluding tert-OH is 3. The summed E-state index contributed by atoms with van der Waals surface area (Å²) >= 11 is 0. The molecule has 2 aliphatic heterocycles. The van der Waals surface area contributed by atoms with Crippen molar-refractivity contribution in [2.24, 2.45) is 5.92 Å². The Morgan fingerprint density at radius 3 is 2.43 bits per heavy atom. The second kappa shape index (κ2) is 12.6. The van der Waals surface area contributed by atoms with E-state index in [0.717, 1.165) is 25.8 Å². The topological polar surface area (TPSA) is 123 Å². The first-order valence-corrected chi connectivity index (χ1v) is 11.2. The number of nitrogens with one attached hydrogen (secondary N) is 1. The quantitative estimate of drug-likeness (QED) is 0.469. The molecule has 2 saturated heterocycles. The molecule has 0 aliphatic carbocycles. The fraction of sp³-hybridized carbons (Fsp3) is 0.905. The predicted molar refractivity (Wildman–Crippen MR) is 112 cm³/mol. The second-order valence-electron chi connectivity index (χ2n) is 8.82. The predicted octanol–water partition coefficient (Wildman–Crippen LogP) is -0.665. The van der Waals surface area contributed by atoms with Crippen LogP contribution in [-0.4, -0.2) is 107 Å². The van der Waals surface area contributed by atoms with E-state index in [1.807, 2.05) is 13.8 Å². The van der Waals surface area contributed by atoms with Crippen molar-refractivity contribution in [3.05, 3.63) is 0 Å². The van der Waals surface area contributed by atoms with Crippen LogP contribution < -0.4 is 5.32 Å². The normalized spacial score (nSPS) is 30.3. The van der Waals surface area contributed by atoms with Gasteiger partial charge in [0.1, 0.15) is 18.3 Å². The van der Waals surface area contributed by atoms with Gasteiger partial charge in [0.05, 0.1) is 12.6 Å². The first kappa shape index (κ1) is 25.0. The molecule has 174 valence electrons. The lowest BCUT2D eigenvalue weighted by Crippen LogP contribution is -2.51. The molecule has 2 fully saturated rings. The number of amides is 2. The van der Waals surface area contributed by atoms with Crippen LogP contribution in [0.15, 0.2) is 0 Å². The summed E-state index contributed by atoms with van der Waals surface area (Å²) in [6.45, 7) is 6.15. The number of hydrogen-bond donors (Lipinski definition) is 4. The molecule has 2 aliphatic rings. The monoisotopic (exact) mass is 429 g/mol. The lowest BCUT2D eigenvalue weighted by molar-refractivity contribution is -0.140. The maximum absolute atomic E-state index is 13.0. The van der Waals surface area contributed by atoms with E-state index < -0.39 is 18.3 Å². The molecule has 2 rings (SSSR count). The summed E-state index contributed by atoms with van der Waals surface area (Å²) in [5.74, 6) is 0.0559. The molecule has 0 bridgehead atoms. The van der Waals surface area contributed by atoms with Gasteiger partial charge in [-0.05, 0) is 38.1 Å². The van der Waals surface area contributed by atoms with Crippen LogP contribution in [0.25, 0.3) is 0 Å². The molecular formula is C21H39N3O6. The number of ether oxygens (including phenoxy) is 1. The van der Waals surface area contributed by atoms with Gasteiger partial charge < -0.3 is 35.2 Å². The molecule has 2 amide bonds. The van der Waals surface area contributed by atoms with E-state index in [1.54, 1.807) is 4.90 Å². The summed E-state index contributed by atoms with van der Waals surface area (Å²) < 4.78 is 5.41. The summed E-state index contributed by atoms with van der Waals surface area (Å²) in [5, 5.41) is 33.9. The number of carbonyl (C=O) groups is 2. The molecule has 0 aromatic carbocycles. The Hall–Kier alpha value is -1.26. The van der Waals surface area contributed by atoms with Gasteiger partial charge in [-0.15, -0.1) is 0 Å². The maximum Gasteiger partial charge on any atom is 0.239 e. The van der Waals surface area contributed by atoms with Crippen molar-refractivity contribution in [2.75, 3.05) is 45.9 Å². The highest BCUT2D eigenvalue weighted by Crippen LogP contribution is 2.13. The van der Waals surface area contributed by atoms with E-state index in [0.29, 0.717) is 32.5 Å². The SMILES string of the molecule is CC(C)CC(=O)N1CCN(C(=O)[C@@H]2CCCN2)CCCCOC[C@@H](O)[C@H](O)[C@@H](O)C1. The molecule has 0 aromatic rings. The number of nitrogens with zero attached hydrogens (tertiary/aromatic N) is 2. The Bertz CT molecular complexity index is 541. The van der Waals surface area contributed by atoms with Crippen LogP contribution in [0.4, 0.5) is 0 Å². The molecule has 0 aromatic heterocycles. The molecule has 0 saturated carbocycles. The van der Waals surface area contributed by atoms with Crippen molar-refractivity contribution in [1.82, 2.24) is 15.1 Å². The van der Waals surface area contributed by atoms with Gasteiger partial charge in [0.2, 0.25) is 11.8 Å². The molecule has 0 radical (unpaired) electrons. The number of rotatable bonds is 3. The summed E-state index contributed by atoms with van der Waals surface area (Å²) in [6.07, 6.45) is -0.376. The van der Waals surface area contributed by atoms with Crippen LogP contribution in [0.1, 0.15) is 46.0 Å². The van der Waals surface area contributed by atoms with Gasteiger partial charge in [-0.25, -0.2) is 0 Å². The Kier molecular flexibility index (Phi) is 10.5. The summed E-state index contributed by atoms with van der Waals surface area (Å²) in [5.41, 5.74) is 0. The smallest absolute Gasteiger partial charge is 0.239 e. The van der Waals surface area contributed by atoms with Crippen molar-refractivity contribution < 1.29 is 29.6 Å². The molecule has 4 N–H and O–H groups in total. The van der Waals surface area contributed by atoms with Gasteiger partial charge in [-0.2, -0.15) is 0 Å². The first-order valence-electron chi connectivity index (χ1n) is 11.2. The van der Waals surface area contributed by atoms with Gasteiger partial charge in [0, 0.05) is 39.2 Å². The molecular weight excluding hydrogens is 390 g/mol. The fourth-order valence-corrected chi connectivity index (χ4v) is 3.89. The van der Waals surface area contributed by atoms with Gasteiger partial charge in [0.15, 0.2) is 0 Å². The standard InChI is InChI=1S/C21H39N3O6/c1-15(2)12-19(27)24-10-9-23(21(29)16-6-5-7-22-16)8-3-4-11-30-14-18(26)20(28)17(25)13-24/h15-18,20,22,25-26,28H,3-14H2,1-2H3/t16-,17-,18+,20+/m0/s1. The van der Waals surface area contributed by atoms with Gasteiger partial charge in [-0.1, -0.05) is 13.8 Å². The largest absolute Gasteiger partial charge is 0.388 e. The molecule has 0 spiro atoms. The fourth-order valence-electron chi connectivity index (χ4n) is 3.89. The summed E-state index contributed by atoms with van der Waals surface area (Å²) in [4.78, 5) is 29.0. The minimum Gasteiger partial charge on any atom is -0.388 e. The minimum absolute atomic E-state index is 0.0489. The van der Waals surface area contributed by atoms with E-state index >= 15 is 0 Å². The van der Waals surface area contributed by atoms with Crippen LogP contribution in [0.5, 0.6) is 0 Å². The molecule has 4 atom stereocenters. The van der Waals surface area contributed by atoms with E-state index in [9.17, 15) is 24.9 Å². The second-order valence-corrected chi connectivity index (χ2v) is 8.82. The third kappa shape index (κ3) is 7.77. The van der Waals surface area contributed by atoms with Crippen molar-refractivity contribution in [2.45, 2.75) is 70.3 Å². The molecule has 0 unspecified atom stereocenters. The Labute approximate surface area is 179 Å². The lowest BCUT2D eigenvalue weighted by Gasteiger charge is -2.33. The zero-order chi connectivity index (χ0) is 22.1. The number of hydrogen-bond acceptors (Lipinski definition) is 7. The van der Waals surface area contributed by atoms with Crippen LogP contribution >= 0.6 is 0 Å². The summed E-state index contributed by atoms with van der Waals surface area (Å²) in [6, 6.07) is -0.178. The zero-order valence-corrected chi connectivity index (χ0v) is 18.3. The molecule has 30 heavy (non-hydrogen) atoms. The van der Waals surface area contributed by atoms with Crippen molar-refractivity contribution in [3.8, 4) is 0 Å². The average Bonchev–Trinajstić information content (AvgIpc) is 3.23. The third-order valence-corrected chi connectivity index (χ3v) is 5.70. The number of carbonyl (C=O) groups excluding carboxylic acids is 2. The van der Waals surface area contributed by atoms with Crippen molar-refractivity contribution in [1.29, 1.82) is 0 Å². The average molecular weight is 430 g/mol. The van der Waals surface area contributed by atoms with Crippen LogP contribution in [0.3, 0.4) is 0 Å². The molecule has 9 nitrogen and oxygen atoms in total. The van der Waals surface area contributed by atoms with E-state index in [1.165, 1.54) is 4.90 Å². The van der Waals surface area contributed by atoms with Gasteiger partial charge >= 0.3 is 0 Å². The van der Waals surface area contributed by atoms with Crippen LogP contribution in [0.2, 0.25) is 0 Å². The minimum atomic E-state index is -1.41. The highest BCUT2D eigenvalue weighted by Gasteiger charge is 2.31. The number of aliphatic hydroxyl groups is 3. The first-order chi connectivity index (χ1) is 14.3. The van der Waals surface area contributed by atoms with Gasteiger partial charge in [-0.3, -0.25) is 9.59 Å². The lowest BCUT2D eigenvalue weighted by atomic mass is 10.1. The molecule has 9 heteroatoms. The highest BCUT2D eigenvalue weighted by atomic mass is 16.5. The maximum atomic E-state index is 13.0. The zero-order valence-electron chi connectivity index (χ0n) is 18.3. The Morgan fingerprint density at radius 2 is 1.77 bits per heavy atom. The van der Waals surface area contributed by atoms with E-state index in [4.69, 9.17) is 4.74 Å². The molecule has 2 heterocycles. The van der Waals surface area contributed by atoms with Crippen LogP contribution in [0, 0.1) is 5.92 Å². The van der Waals surface area contributed by atoms with E-state index in [-0.39, 0.29) is 43.5 Å². The summed E-state index contributed by atoms with van der Waals surface area (Å²) in [7, 11) is 0. The van der Waals surface area contributed by atoms with Gasteiger partial charge in [0.25, 0.3) is 0 Å².